The molecule has 1 aromatic carbocycles. The Labute approximate surface area is 147 Å². The minimum absolute atomic E-state index is 0. The topological polar surface area (TPSA) is 60.4 Å². The van der Waals surface area contributed by atoms with Gasteiger partial charge in [-0.25, -0.2) is 0 Å². The van der Waals surface area contributed by atoms with Crippen LogP contribution >= 0.6 is 0 Å². The fourth-order valence-electron chi connectivity index (χ4n) is 0.635. The van der Waals surface area contributed by atoms with Crippen molar-refractivity contribution in [2.75, 3.05) is 6.61 Å². The molecule has 3 nitrogen and oxygen atoms in total. The molecule has 6 heteroatoms. The van der Waals surface area contributed by atoms with Crippen molar-refractivity contribution in [2.24, 2.45) is 0 Å². The fourth-order valence-corrected chi connectivity index (χ4v) is 0.865. The van der Waals surface area contributed by atoms with Gasteiger partial charge in [-0.3, -0.25) is 0 Å². The molecule has 86 valence electrons. The molecule has 0 bridgehead atoms. The SMILES string of the molecule is CCO.C[CH2][Hg+].O=C([O-])c1ccccc1[S-].[Na+]. The van der Waals surface area contributed by atoms with Gasteiger partial charge < -0.3 is 27.6 Å². The number of carbonyl (C=O) groups excluding carboxylic acids is 1. The van der Waals surface area contributed by atoms with Crippen LogP contribution in [0.1, 0.15) is 24.2 Å². The zero-order chi connectivity index (χ0) is 13.0. The number of aliphatic hydroxyl groups excluding tert-OH is 1. The van der Waals surface area contributed by atoms with E-state index in [-0.39, 0.29) is 41.7 Å². The van der Waals surface area contributed by atoms with Crippen molar-refractivity contribution >= 4 is 18.6 Å². The monoisotopic (exact) mass is 452 g/mol. The zero-order valence-electron chi connectivity index (χ0n) is 10.6. The summed E-state index contributed by atoms with van der Waals surface area (Å²) in [6.07, 6.45) is 0. The van der Waals surface area contributed by atoms with Gasteiger partial charge >= 0.3 is 66.5 Å². The predicted octanol–water partition coefficient (Wildman–Crippen LogP) is -2.07. The van der Waals surface area contributed by atoms with Crippen LogP contribution in [0.4, 0.5) is 0 Å². The van der Waals surface area contributed by atoms with Gasteiger partial charge in [0.2, 0.25) is 0 Å². The summed E-state index contributed by atoms with van der Waals surface area (Å²) in [6, 6.07) is 6.29. The van der Waals surface area contributed by atoms with Crippen LogP contribution < -0.4 is 34.7 Å². The predicted molar refractivity (Wildman–Crippen MR) is 59.6 cm³/mol. The Kier molecular flexibility index (Phi) is 22.7. The first kappa shape index (κ1) is 22.9. The molecule has 0 saturated heterocycles. The average molecular weight is 451 g/mol. The van der Waals surface area contributed by atoms with Crippen molar-refractivity contribution in [1.29, 1.82) is 0 Å². The summed E-state index contributed by atoms with van der Waals surface area (Å²) in [5.41, 5.74) is 0.0810. The van der Waals surface area contributed by atoms with Crippen molar-refractivity contribution in [2.45, 2.75) is 22.7 Å². The van der Waals surface area contributed by atoms with Gasteiger partial charge in [0, 0.05) is 6.61 Å². The molecule has 0 heterocycles. The van der Waals surface area contributed by atoms with Gasteiger partial charge in [0.25, 0.3) is 0 Å². The number of hydrogen-bond donors (Lipinski definition) is 1. The summed E-state index contributed by atoms with van der Waals surface area (Å²) < 4.78 is 1.44. The summed E-state index contributed by atoms with van der Waals surface area (Å²) in [5.74, 6) is -1.22. The Hall–Kier alpha value is 0.805. The first-order chi connectivity index (χ1) is 7.54. The molecule has 0 aliphatic heterocycles. The van der Waals surface area contributed by atoms with Crippen molar-refractivity contribution < 1.29 is 70.7 Å². The quantitative estimate of drug-likeness (QED) is 0.394. The van der Waals surface area contributed by atoms with E-state index in [1.54, 1.807) is 25.1 Å². The molecular weight excluding hydrogens is 436 g/mol. The van der Waals surface area contributed by atoms with Crippen LogP contribution in [0.25, 0.3) is 0 Å². The maximum Gasteiger partial charge on any atom is 1.00 e. The van der Waals surface area contributed by atoms with Gasteiger partial charge in [-0.2, -0.15) is 4.90 Å². The number of rotatable bonds is 1. The van der Waals surface area contributed by atoms with E-state index in [9.17, 15) is 9.90 Å². The van der Waals surface area contributed by atoms with Crippen molar-refractivity contribution in [3.05, 3.63) is 29.8 Å². The molecule has 0 saturated carbocycles. The first-order valence-electron chi connectivity index (χ1n) is 4.92. The normalized spacial score (nSPS) is 7.59. The second-order valence-electron chi connectivity index (χ2n) is 2.60. The van der Waals surface area contributed by atoms with Crippen LogP contribution in [0.5, 0.6) is 0 Å². The molecule has 0 aliphatic carbocycles. The average Bonchev–Trinajstić information content (AvgIpc) is 2.20. The van der Waals surface area contributed by atoms with E-state index in [2.05, 4.69) is 6.92 Å². The van der Waals surface area contributed by atoms with Gasteiger partial charge in [-0.05, 0) is 12.5 Å². The largest absolute Gasteiger partial charge is 1.00 e. The smallest absolute Gasteiger partial charge is 0.779 e. The third-order valence-electron chi connectivity index (χ3n) is 1.11. The number of carboxylic acid groups (broad SMARTS) is 1. The zero-order valence-corrected chi connectivity index (χ0v) is 18.9. The maximum atomic E-state index is 10.2. The Morgan fingerprint density at radius 1 is 1.41 bits per heavy atom. The molecule has 0 aromatic heterocycles. The van der Waals surface area contributed by atoms with E-state index in [1.807, 2.05) is 0 Å². The van der Waals surface area contributed by atoms with Gasteiger partial charge in [-0.1, -0.05) is 24.3 Å². The van der Waals surface area contributed by atoms with Gasteiger partial charge in [0.05, 0.1) is 5.97 Å². The minimum Gasteiger partial charge on any atom is -0.779 e. The number of carbonyl (C=O) groups is 1. The molecule has 0 amide bonds. The molecule has 1 aromatic rings. The molecule has 1 N–H and O–H groups in total. The third kappa shape index (κ3) is 14.7. The number of carboxylic acids is 1. The Balaban J connectivity index is -0.000000240. The van der Waals surface area contributed by atoms with Crippen molar-refractivity contribution in [3.63, 3.8) is 0 Å². The Bertz CT molecular complexity index is 296. The standard InChI is InChI=1S/C7H6O2S.C2H6O.C2H5.Hg.Na/c8-7(9)5-3-1-2-4-6(5)10;1-2-3;1-2;;/h1-4,10H,(H,8,9);3H,2H2,1H3;1H2,2H3;;/q;;;2*+1/p-2. The molecular formula is C11H15HgNaO3S. The van der Waals surface area contributed by atoms with E-state index in [0.29, 0.717) is 4.90 Å². The van der Waals surface area contributed by atoms with E-state index in [1.165, 1.54) is 10.00 Å². The summed E-state index contributed by atoms with van der Waals surface area (Å²) >= 11 is 5.77. The van der Waals surface area contributed by atoms with E-state index >= 15 is 0 Å². The summed E-state index contributed by atoms with van der Waals surface area (Å²) in [7, 11) is 0. The number of hydrogen-bond acceptors (Lipinski definition) is 4. The number of aliphatic hydroxyl groups is 1. The van der Waals surface area contributed by atoms with E-state index in [4.69, 9.17) is 17.7 Å². The fraction of sp³-hybridized carbons (Fsp3) is 0.364. The van der Waals surface area contributed by atoms with E-state index in [0.717, 1.165) is 26.1 Å². The van der Waals surface area contributed by atoms with Gasteiger partial charge in [-0.15, -0.1) is 0 Å². The molecule has 0 aliphatic rings. The van der Waals surface area contributed by atoms with E-state index < -0.39 is 5.97 Å². The van der Waals surface area contributed by atoms with Crippen molar-refractivity contribution in [3.8, 4) is 0 Å². The molecule has 1 rings (SSSR count). The Morgan fingerprint density at radius 3 is 2.00 bits per heavy atom. The molecule has 0 unspecified atom stereocenters. The maximum absolute atomic E-state index is 10.2. The van der Waals surface area contributed by atoms with Crippen LogP contribution in [0, 0.1) is 0 Å². The first-order valence-corrected chi connectivity index (χ1v) is 9.22. The number of aromatic carboxylic acids is 1. The summed E-state index contributed by atoms with van der Waals surface area (Å²) in [4.78, 5) is 10.6. The molecule has 0 atom stereocenters. The Morgan fingerprint density at radius 2 is 1.76 bits per heavy atom. The van der Waals surface area contributed by atoms with Gasteiger partial charge in [0.1, 0.15) is 0 Å². The van der Waals surface area contributed by atoms with Crippen LogP contribution in [-0.2, 0) is 38.8 Å². The molecule has 0 fully saturated rings. The van der Waals surface area contributed by atoms with Crippen molar-refractivity contribution in [1.82, 2.24) is 0 Å². The third-order valence-corrected chi connectivity index (χ3v) is 1.46. The van der Waals surface area contributed by atoms with Crippen LogP contribution in [0.3, 0.4) is 0 Å². The summed E-state index contributed by atoms with van der Waals surface area (Å²) in [5, 5.41) is 17.8. The second-order valence-corrected chi connectivity index (χ2v) is 6.93. The second kappa shape index (κ2) is 16.8. The number of benzene rings is 1. The molecule has 17 heavy (non-hydrogen) atoms. The molecule has 0 radical (unpaired) electrons. The van der Waals surface area contributed by atoms with Crippen LogP contribution in [0.15, 0.2) is 29.2 Å². The summed E-state index contributed by atoms with van der Waals surface area (Å²) in [6.45, 7) is 4.14. The van der Waals surface area contributed by atoms with Crippen LogP contribution in [-0.4, -0.2) is 17.7 Å². The molecule has 0 spiro atoms. The van der Waals surface area contributed by atoms with Gasteiger partial charge in [0.15, 0.2) is 0 Å². The van der Waals surface area contributed by atoms with Crippen LogP contribution in [0.2, 0.25) is 3.93 Å². The minimum atomic E-state index is -1.22.